The van der Waals surface area contributed by atoms with E-state index in [9.17, 15) is 9.90 Å². The van der Waals surface area contributed by atoms with Gasteiger partial charge in [0.25, 0.3) is 0 Å². The number of rotatable bonds is 4. The fraction of sp³-hybridized carbons (Fsp3) is 0.409. The van der Waals surface area contributed by atoms with Gasteiger partial charge in [-0.1, -0.05) is 0 Å². The molecule has 0 saturated carbocycles. The van der Waals surface area contributed by atoms with Gasteiger partial charge in [-0.25, -0.2) is 0 Å². The molecule has 2 aliphatic rings. The first-order valence-electron chi connectivity index (χ1n) is 10.7. The van der Waals surface area contributed by atoms with E-state index >= 15 is 0 Å². The lowest BCUT2D eigenvalue weighted by Gasteiger charge is -2.35. The number of aliphatic hydroxyl groups excluding tert-OH is 1. The molecule has 5 rings (SSSR count). The smallest absolute Gasteiger partial charge is 0.231 e. The van der Waals surface area contributed by atoms with E-state index in [0.717, 1.165) is 67.4 Å². The quantitative estimate of drug-likeness (QED) is 0.592. The second-order valence-electron chi connectivity index (χ2n) is 8.16. The van der Waals surface area contributed by atoms with Gasteiger partial charge in [0.05, 0.1) is 11.5 Å². The Morgan fingerprint density at radius 1 is 1.06 bits per heavy atom. The van der Waals surface area contributed by atoms with Crippen LogP contribution in [0.15, 0.2) is 36.5 Å². The van der Waals surface area contributed by atoms with Crippen molar-refractivity contribution < 1.29 is 9.90 Å². The Morgan fingerprint density at radius 3 is 2.52 bits per heavy atom. The molecule has 9 heteroatoms. The van der Waals surface area contributed by atoms with Crippen LogP contribution in [0.4, 0.5) is 23.1 Å². The summed E-state index contributed by atoms with van der Waals surface area (Å²) in [5, 5.41) is 14.2. The minimum atomic E-state index is -0.315. The van der Waals surface area contributed by atoms with E-state index in [-0.39, 0.29) is 12.0 Å². The van der Waals surface area contributed by atoms with Crippen molar-refractivity contribution in [1.82, 2.24) is 19.9 Å². The number of nitrogens with zero attached hydrogens (tertiary/aromatic N) is 5. The number of H-pyrrole nitrogens is 1. The molecule has 0 bridgehead atoms. The zero-order valence-corrected chi connectivity index (χ0v) is 17.6. The SMILES string of the molecule is CC(=O)N1CCN(c2ccc(Nc3nc(N4CCC(O)C4)c4cc[nH]c4n3)cc2)CC1. The predicted molar refractivity (Wildman–Crippen MR) is 121 cm³/mol. The highest BCUT2D eigenvalue weighted by Gasteiger charge is 2.24. The van der Waals surface area contributed by atoms with Gasteiger partial charge < -0.3 is 30.1 Å². The summed E-state index contributed by atoms with van der Waals surface area (Å²) in [4.78, 5) is 30.3. The number of nitrogens with one attached hydrogen (secondary N) is 2. The van der Waals surface area contributed by atoms with Crippen molar-refractivity contribution in [2.45, 2.75) is 19.4 Å². The van der Waals surface area contributed by atoms with Crippen LogP contribution in [0.25, 0.3) is 11.0 Å². The van der Waals surface area contributed by atoms with Gasteiger partial charge >= 0.3 is 0 Å². The molecule has 1 amide bonds. The van der Waals surface area contributed by atoms with Gasteiger partial charge in [0.2, 0.25) is 11.9 Å². The average molecular weight is 422 g/mol. The third-order valence-electron chi connectivity index (χ3n) is 6.07. The Morgan fingerprint density at radius 2 is 1.84 bits per heavy atom. The molecule has 3 N–H and O–H groups in total. The second kappa shape index (κ2) is 8.07. The van der Waals surface area contributed by atoms with Crippen molar-refractivity contribution in [3.05, 3.63) is 36.5 Å². The number of fused-ring (bicyclic) bond motifs is 1. The third kappa shape index (κ3) is 4.00. The molecule has 3 aromatic rings. The van der Waals surface area contributed by atoms with Crippen LogP contribution in [-0.2, 0) is 4.79 Å². The third-order valence-corrected chi connectivity index (χ3v) is 6.07. The minimum absolute atomic E-state index is 0.140. The second-order valence-corrected chi connectivity index (χ2v) is 8.16. The maximum Gasteiger partial charge on any atom is 0.231 e. The molecule has 0 aliphatic carbocycles. The number of aromatic amines is 1. The summed E-state index contributed by atoms with van der Waals surface area (Å²) in [6.07, 6.45) is 2.30. The molecule has 0 radical (unpaired) electrons. The molecular weight excluding hydrogens is 394 g/mol. The van der Waals surface area contributed by atoms with Crippen LogP contribution in [0.1, 0.15) is 13.3 Å². The summed E-state index contributed by atoms with van der Waals surface area (Å²) in [5.41, 5.74) is 2.82. The van der Waals surface area contributed by atoms with Crippen molar-refractivity contribution in [1.29, 1.82) is 0 Å². The van der Waals surface area contributed by atoms with E-state index in [1.165, 1.54) is 0 Å². The maximum atomic E-state index is 11.5. The lowest BCUT2D eigenvalue weighted by molar-refractivity contribution is -0.129. The highest BCUT2D eigenvalue weighted by molar-refractivity contribution is 5.89. The van der Waals surface area contributed by atoms with Crippen LogP contribution in [0.2, 0.25) is 0 Å². The van der Waals surface area contributed by atoms with Gasteiger partial charge in [-0.05, 0) is 36.8 Å². The van der Waals surface area contributed by atoms with E-state index < -0.39 is 0 Å². The Hall–Kier alpha value is -3.33. The number of hydrogen-bond acceptors (Lipinski definition) is 7. The van der Waals surface area contributed by atoms with Gasteiger partial charge in [0.1, 0.15) is 11.5 Å². The predicted octanol–water partition coefficient (Wildman–Crippen LogP) is 1.94. The van der Waals surface area contributed by atoms with Crippen LogP contribution in [0, 0.1) is 0 Å². The summed E-state index contributed by atoms with van der Waals surface area (Å²) >= 11 is 0. The Balaban J connectivity index is 1.32. The van der Waals surface area contributed by atoms with Crippen molar-refractivity contribution in [2.24, 2.45) is 0 Å². The summed E-state index contributed by atoms with van der Waals surface area (Å²) < 4.78 is 0. The first-order valence-corrected chi connectivity index (χ1v) is 10.7. The highest BCUT2D eigenvalue weighted by atomic mass is 16.3. The fourth-order valence-electron chi connectivity index (χ4n) is 4.32. The van der Waals surface area contributed by atoms with Crippen LogP contribution in [-0.4, -0.2) is 76.2 Å². The Kier molecular flexibility index (Phi) is 5.11. The van der Waals surface area contributed by atoms with Gasteiger partial charge in [-0.15, -0.1) is 0 Å². The van der Waals surface area contributed by atoms with Crippen molar-refractivity contribution in [2.75, 3.05) is 54.4 Å². The van der Waals surface area contributed by atoms with E-state index in [0.29, 0.717) is 12.5 Å². The molecule has 4 heterocycles. The molecule has 162 valence electrons. The molecule has 2 saturated heterocycles. The number of hydrogen-bond donors (Lipinski definition) is 3. The van der Waals surface area contributed by atoms with Crippen LogP contribution in [0.5, 0.6) is 0 Å². The number of β-amino-alcohol motifs (C(OH)–C–C–N with tert-alkyl or cyclic N) is 1. The summed E-state index contributed by atoms with van der Waals surface area (Å²) in [6, 6.07) is 10.2. The van der Waals surface area contributed by atoms with E-state index in [1.54, 1.807) is 6.92 Å². The number of piperazine rings is 1. The molecule has 2 aliphatic heterocycles. The lowest BCUT2D eigenvalue weighted by Crippen LogP contribution is -2.48. The fourth-order valence-corrected chi connectivity index (χ4v) is 4.32. The Labute approximate surface area is 180 Å². The number of anilines is 4. The highest BCUT2D eigenvalue weighted by Crippen LogP contribution is 2.29. The Bertz CT molecular complexity index is 1070. The molecule has 9 nitrogen and oxygen atoms in total. The number of carbonyl (C=O) groups excluding carboxylic acids is 1. The first-order chi connectivity index (χ1) is 15.1. The minimum Gasteiger partial charge on any atom is -0.391 e. The molecule has 2 fully saturated rings. The number of aliphatic hydroxyl groups is 1. The monoisotopic (exact) mass is 421 g/mol. The van der Waals surface area contributed by atoms with Crippen LogP contribution >= 0.6 is 0 Å². The molecule has 2 aromatic heterocycles. The number of amides is 1. The first kappa shape index (κ1) is 19.6. The van der Waals surface area contributed by atoms with Crippen molar-refractivity contribution in [3.63, 3.8) is 0 Å². The molecule has 1 unspecified atom stereocenters. The normalized spacial score (nSPS) is 19.3. The standard InChI is InChI=1S/C22H27N7O2/c1-15(30)27-10-12-28(13-11-27)17-4-2-16(3-5-17)24-22-25-20-19(6-8-23-20)21(26-22)29-9-7-18(31)14-29/h2-6,8,18,31H,7,9-14H2,1H3,(H2,23,24,25,26). The lowest BCUT2D eigenvalue weighted by atomic mass is 10.2. The summed E-state index contributed by atoms with van der Waals surface area (Å²) in [6.45, 7) is 6.18. The van der Waals surface area contributed by atoms with Crippen molar-refractivity contribution in [3.8, 4) is 0 Å². The summed E-state index contributed by atoms with van der Waals surface area (Å²) in [5.74, 6) is 1.50. The van der Waals surface area contributed by atoms with E-state index in [1.807, 2.05) is 29.3 Å². The number of carbonyl (C=O) groups is 1. The molecular formula is C22H27N7O2. The number of benzene rings is 1. The van der Waals surface area contributed by atoms with Gasteiger partial charge in [0, 0.05) is 63.8 Å². The number of aromatic nitrogens is 3. The van der Waals surface area contributed by atoms with E-state index in [2.05, 4.69) is 37.2 Å². The molecule has 1 atom stereocenters. The maximum absolute atomic E-state index is 11.5. The zero-order valence-electron chi connectivity index (χ0n) is 17.6. The van der Waals surface area contributed by atoms with Gasteiger partial charge in [0.15, 0.2) is 0 Å². The molecule has 1 aromatic carbocycles. The largest absolute Gasteiger partial charge is 0.391 e. The zero-order chi connectivity index (χ0) is 21.4. The van der Waals surface area contributed by atoms with Gasteiger partial charge in [-0.2, -0.15) is 9.97 Å². The van der Waals surface area contributed by atoms with E-state index in [4.69, 9.17) is 4.98 Å². The molecule has 31 heavy (non-hydrogen) atoms. The van der Waals surface area contributed by atoms with Gasteiger partial charge in [-0.3, -0.25) is 4.79 Å². The topological polar surface area (TPSA) is 101 Å². The summed E-state index contributed by atoms with van der Waals surface area (Å²) in [7, 11) is 0. The average Bonchev–Trinajstić information content (AvgIpc) is 3.43. The molecule has 0 spiro atoms. The van der Waals surface area contributed by atoms with Crippen molar-refractivity contribution >= 4 is 40.1 Å². The van der Waals surface area contributed by atoms with Crippen LogP contribution in [0.3, 0.4) is 0 Å². The van der Waals surface area contributed by atoms with Crippen LogP contribution < -0.4 is 15.1 Å².